The molecule has 0 aliphatic carbocycles. The quantitative estimate of drug-likeness (QED) is 0.714. The molecule has 0 saturated carbocycles. The van der Waals surface area contributed by atoms with Gasteiger partial charge in [0.05, 0.1) is 18.8 Å². The zero-order valence-corrected chi connectivity index (χ0v) is 10.3. The fourth-order valence-electron chi connectivity index (χ4n) is 2.81. The van der Waals surface area contributed by atoms with Gasteiger partial charge in [0.15, 0.2) is 0 Å². The summed E-state index contributed by atoms with van der Waals surface area (Å²) in [5.74, 6) is 0.403. The molecular formula is C12H22N2O3. The lowest BCUT2D eigenvalue weighted by atomic mass is 10.0. The van der Waals surface area contributed by atoms with Crippen LogP contribution in [0.4, 0.5) is 0 Å². The van der Waals surface area contributed by atoms with E-state index in [1.54, 1.807) is 4.90 Å². The first-order valence-electron chi connectivity index (χ1n) is 6.44. The maximum Gasteiger partial charge on any atom is 0.252 e. The van der Waals surface area contributed by atoms with E-state index in [2.05, 4.69) is 6.92 Å². The van der Waals surface area contributed by atoms with Crippen molar-refractivity contribution >= 4 is 5.91 Å². The lowest BCUT2D eigenvalue weighted by molar-refractivity contribution is -0.144. The third kappa shape index (κ3) is 2.46. The molecule has 0 bridgehead atoms. The van der Waals surface area contributed by atoms with Gasteiger partial charge >= 0.3 is 0 Å². The zero-order valence-electron chi connectivity index (χ0n) is 10.3. The lowest BCUT2D eigenvalue weighted by Gasteiger charge is -2.27. The standard InChI is InChI=1S/C12H22N2O3/c1-8-4-5-14(10(8)7-15)12(16)11-3-2-9(6-13)17-11/h8-11,15H,2-7,13H2,1H3. The SMILES string of the molecule is CC1CCN(C(=O)C2CCC(CN)O2)C1CO. The van der Waals surface area contributed by atoms with Gasteiger partial charge in [-0.15, -0.1) is 0 Å². The van der Waals surface area contributed by atoms with Gasteiger partial charge in [0.25, 0.3) is 5.91 Å². The van der Waals surface area contributed by atoms with Crippen molar-refractivity contribution in [1.82, 2.24) is 4.90 Å². The maximum absolute atomic E-state index is 12.3. The summed E-state index contributed by atoms with van der Waals surface area (Å²) in [4.78, 5) is 14.1. The lowest BCUT2D eigenvalue weighted by Crippen LogP contribution is -2.45. The van der Waals surface area contributed by atoms with Crippen molar-refractivity contribution in [2.45, 2.75) is 44.4 Å². The molecule has 0 spiro atoms. The van der Waals surface area contributed by atoms with Gasteiger partial charge in [-0.05, 0) is 25.2 Å². The number of carbonyl (C=O) groups excluding carboxylic acids is 1. The van der Waals surface area contributed by atoms with E-state index in [1.807, 2.05) is 0 Å². The molecule has 2 heterocycles. The average molecular weight is 242 g/mol. The van der Waals surface area contributed by atoms with Crippen LogP contribution >= 0.6 is 0 Å². The van der Waals surface area contributed by atoms with Crippen molar-refractivity contribution in [2.24, 2.45) is 11.7 Å². The topological polar surface area (TPSA) is 75.8 Å². The molecule has 4 unspecified atom stereocenters. The molecule has 2 aliphatic heterocycles. The molecule has 2 saturated heterocycles. The summed E-state index contributed by atoms with van der Waals surface area (Å²) < 4.78 is 5.62. The zero-order chi connectivity index (χ0) is 12.4. The molecule has 5 nitrogen and oxygen atoms in total. The number of likely N-dealkylation sites (tertiary alicyclic amines) is 1. The summed E-state index contributed by atoms with van der Waals surface area (Å²) in [5, 5.41) is 9.34. The van der Waals surface area contributed by atoms with E-state index in [1.165, 1.54) is 0 Å². The molecule has 1 amide bonds. The van der Waals surface area contributed by atoms with Crippen LogP contribution < -0.4 is 5.73 Å². The number of ether oxygens (including phenoxy) is 1. The second-order valence-corrected chi connectivity index (χ2v) is 5.11. The summed E-state index contributed by atoms with van der Waals surface area (Å²) in [7, 11) is 0. The van der Waals surface area contributed by atoms with Crippen LogP contribution in [0.15, 0.2) is 0 Å². The van der Waals surface area contributed by atoms with Crippen molar-refractivity contribution in [2.75, 3.05) is 19.7 Å². The highest BCUT2D eigenvalue weighted by Crippen LogP contribution is 2.28. The predicted octanol–water partition coefficient (Wildman–Crippen LogP) is -0.278. The molecule has 2 aliphatic rings. The highest BCUT2D eigenvalue weighted by Gasteiger charge is 2.39. The number of hydrogen-bond acceptors (Lipinski definition) is 4. The van der Waals surface area contributed by atoms with E-state index in [-0.39, 0.29) is 30.8 Å². The summed E-state index contributed by atoms with van der Waals surface area (Å²) in [6, 6.07) is -0.0389. The fraction of sp³-hybridized carbons (Fsp3) is 0.917. The molecule has 0 aromatic carbocycles. The summed E-state index contributed by atoms with van der Waals surface area (Å²) in [6.45, 7) is 3.33. The number of aliphatic hydroxyl groups excluding tert-OH is 1. The van der Waals surface area contributed by atoms with Crippen molar-refractivity contribution in [1.29, 1.82) is 0 Å². The van der Waals surface area contributed by atoms with Gasteiger partial charge in [0.2, 0.25) is 0 Å². The Hall–Kier alpha value is -0.650. The van der Waals surface area contributed by atoms with Gasteiger partial charge in [-0.1, -0.05) is 6.92 Å². The van der Waals surface area contributed by atoms with E-state index < -0.39 is 0 Å². The Morgan fingerprint density at radius 1 is 1.47 bits per heavy atom. The molecule has 4 atom stereocenters. The Morgan fingerprint density at radius 3 is 2.82 bits per heavy atom. The molecule has 5 heteroatoms. The fourth-order valence-corrected chi connectivity index (χ4v) is 2.81. The van der Waals surface area contributed by atoms with Crippen LogP contribution in [0.3, 0.4) is 0 Å². The molecule has 17 heavy (non-hydrogen) atoms. The highest BCUT2D eigenvalue weighted by molar-refractivity contribution is 5.81. The number of carbonyl (C=O) groups is 1. The van der Waals surface area contributed by atoms with E-state index >= 15 is 0 Å². The Labute approximate surface area is 102 Å². The normalized spacial score (nSPS) is 37.7. The number of nitrogens with zero attached hydrogens (tertiary/aromatic N) is 1. The molecule has 2 fully saturated rings. The summed E-state index contributed by atoms with van der Waals surface area (Å²) >= 11 is 0. The molecule has 0 radical (unpaired) electrons. The van der Waals surface area contributed by atoms with Crippen LogP contribution in [-0.2, 0) is 9.53 Å². The molecule has 98 valence electrons. The van der Waals surface area contributed by atoms with Gasteiger partial charge in [0, 0.05) is 13.1 Å². The molecule has 0 aromatic heterocycles. The second kappa shape index (κ2) is 5.33. The third-order valence-electron chi connectivity index (χ3n) is 4.00. The van der Waals surface area contributed by atoms with Crippen LogP contribution in [0.2, 0.25) is 0 Å². The largest absolute Gasteiger partial charge is 0.394 e. The van der Waals surface area contributed by atoms with Crippen LogP contribution in [0.25, 0.3) is 0 Å². The van der Waals surface area contributed by atoms with Gasteiger partial charge in [-0.25, -0.2) is 0 Å². The number of nitrogens with two attached hydrogens (primary N) is 1. The predicted molar refractivity (Wildman–Crippen MR) is 63.3 cm³/mol. The smallest absolute Gasteiger partial charge is 0.252 e. The average Bonchev–Trinajstić information content (AvgIpc) is 2.94. The first-order chi connectivity index (χ1) is 8.17. The van der Waals surface area contributed by atoms with E-state index in [9.17, 15) is 9.90 Å². The van der Waals surface area contributed by atoms with Gasteiger partial charge in [-0.3, -0.25) is 4.79 Å². The number of hydrogen-bond donors (Lipinski definition) is 2. The first kappa shape index (κ1) is 12.8. The van der Waals surface area contributed by atoms with Crippen molar-refractivity contribution in [3.63, 3.8) is 0 Å². The van der Waals surface area contributed by atoms with Crippen LogP contribution in [0, 0.1) is 5.92 Å². The monoisotopic (exact) mass is 242 g/mol. The van der Waals surface area contributed by atoms with Crippen LogP contribution in [0.1, 0.15) is 26.2 Å². The van der Waals surface area contributed by atoms with Crippen molar-refractivity contribution in [3.8, 4) is 0 Å². The molecular weight excluding hydrogens is 220 g/mol. The van der Waals surface area contributed by atoms with Crippen molar-refractivity contribution < 1.29 is 14.6 Å². The Kier molecular flexibility index (Phi) is 4.01. The number of rotatable bonds is 3. The van der Waals surface area contributed by atoms with E-state index in [0.717, 1.165) is 25.8 Å². The first-order valence-corrected chi connectivity index (χ1v) is 6.44. The Morgan fingerprint density at radius 2 is 2.24 bits per heavy atom. The minimum absolute atomic E-state index is 0.0246. The number of amides is 1. The van der Waals surface area contributed by atoms with Gasteiger partial charge in [0.1, 0.15) is 6.10 Å². The van der Waals surface area contributed by atoms with Crippen LogP contribution in [-0.4, -0.2) is 53.9 Å². The van der Waals surface area contributed by atoms with E-state index in [0.29, 0.717) is 12.5 Å². The maximum atomic E-state index is 12.3. The summed E-state index contributed by atoms with van der Waals surface area (Å²) in [5.41, 5.74) is 5.54. The van der Waals surface area contributed by atoms with Crippen molar-refractivity contribution in [3.05, 3.63) is 0 Å². The highest BCUT2D eigenvalue weighted by atomic mass is 16.5. The minimum atomic E-state index is -0.345. The van der Waals surface area contributed by atoms with E-state index in [4.69, 9.17) is 10.5 Å². The Balaban J connectivity index is 1.96. The molecule has 2 rings (SSSR count). The van der Waals surface area contributed by atoms with Crippen LogP contribution in [0.5, 0.6) is 0 Å². The van der Waals surface area contributed by atoms with Gasteiger partial charge in [-0.2, -0.15) is 0 Å². The second-order valence-electron chi connectivity index (χ2n) is 5.11. The summed E-state index contributed by atoms with van der Waals surface area (Å²) in [6.07, 6.45) is 2.26. The Bertz CT molecular complexity index is 285. The van der Waals surface area contributed by atoms with Gasteiger partial charge < -0.3 is 20.5 Å². The molecule has 3 N–H and O–H groups in total. The minimum Gasteiger partial charge on any atom is -0.394 e. The molecule has 0 aromatic rings. The third-order valence-corrected chi connectivity index (χ3v) is 4.00. The number of aliphatic hydroxyl groups is 1.